The Hall–Kier alpha value is -2.85. The van der Waals surface area contributed by atoms with Crippen molar-refractivity contribution in [3.05, 3.63) is 58.3 Å². The first-order chi connectivity index (χ1) is 14.3. The van der Waals surface area contributed by atoms with Crippen molar-refractivity contribution in [1.82, 2.24) is 20.0 Å². The maximum absolute atomic E-state index is 13.9. The molecule has 2 N–H and O–H groups in total. The second-order valence-electron chi connectivity index (χ2n) is 7.26. The third-order valence-corrected chi connectivity index (χ3v) is 5.38. The van der Waals surface area contributed by atoms with E-state index in [9.17, 15) is 9.18 Å². The minimum absolute atomic E-state index is 0. The molecule has 0 unspecified atom stereocenters. The van der Waals surface area contributed by atoms with Crippen molar-refractivity contribution in [3.8, 4) is 0 Å². The van der Waals surface area contributed by atoms with E-state index in [1.165, 1.54) is 12.1 Å². The smallest absolute Gasteiger partial charge is 0.246 e. The monoisotopic (exact) mass is 463 g/mol. The van der Waals surface area contributed by atoms with E-state index < -0.39 is 0 Å². The number of pyridine rings is 1. The van der Waals surface area contributed by atoms with E-state index in [0.717, 1.165) is 17.1 Å². The molecule has 1 aliphatic heterocycles. The molecule has 3 heterocycles. The van der Waals surface area contributed by atoms with Gasteiger partial charge in [-0.3, -0.25) is 4.79 Å². The number of aryl methyl sites for hydroxylation is 1. The van der Waals surface area contributed by atoms with E-state index in [1.54, 1.807) is 16.9 Å². The van der Waals surface area contributed by atoms with Crippen LogP contribution in [-0.4, -0.2) is 39.0 Å². The summed E-state index contributed by atoms with van der Waals surface area (Å²) in [6, 6.07) is 6.05. The van der Waals surface area contributed by atoms with Gasteiger partial charge in [-0.15, -0.1) is 5.10 Å². The predicted molar refractivity (Wildman–Crippen MR) is 124 cm³/mol. The standard InChI is InChI=1S/C20H21ClFN7O.H2S/c1-11-19-17(28(3)12(2)20(30)25-19)7-18(24-11)23-8-15-10-29(27-26-15)9-13-6-14(21)4-5-16(13)22;/h4-7,10,12H,8-9H2,1-3H3,(H,23,24)(H,25,30);1H2/t12-;/m0./s1. The summed E-state index contributed by atoms with van der Waals surface area (Å²) in [5.41, 5.74) is 3.47. The zero-order valence-electron chi connectivity index (χ0n) is 17.3. The number of halogens is 2. The fourth-order valence-electron chi connectivity index (χ4n) is 3.31. The van der Waals surface area contributed by atoms with Gasteiger partial charge >= 0.3 is 0 Å². The number of hydrogen-bond acceptors (Lipinski definition) is 6. The number of amides is 1. The zero-order valence-corrected chi connectivity index (χ0v) is 19.0. The predicted octanol–water partition coefficient (Wildman–Crippen LogP) is 3.32. The first-order valence-electron chi connectivity index (χ1n) is 9.44. The van der Waals surface area contributed by atoms with Gasteiger partial charge in [-0.2, -0.15) is 13.5 Å². The van der Waals surface area contributed by atoms with Gasteiger partial charge in [0.05, 0.1) is 36.4 Å². The second-order valence-corrected chi connectivity index (χ2v) is 7.70. The van der Waals surface area contributed by atoms with Crippen LogP contribution in [0.5, 0.6) is 0 Å². The highest BCUT2D eigenvalue weighted by Gasteiger charge is 2.28. The number of benzene rings is 1. The topological polar surface area (TPSA) is 88.0 Å². The number of likely N-dealkylation sites (N-methyl/N-ethyl adjacent to an activating group) is 1. The van der Waals surface area contributed by atoms with Gasteiger partial charge in [0.15, 0.2) is 0 Å². The number of carbonyl (C=O) groups excluding carboxylic acids is 1. The SMILES string of the molecule is Cc1nc(NCc2cn(Cc3cc(Cl)ccc3F)nn2)cc2c1NC(=O)[C@H](C)N2C.S. The number of fused-ring (bicyclic) bond motifs is 1. The number of anilines is 3. The summed E-state index contributed by atoms with van der Waals surface area (Å²) in [6.07, 6.45) is 1.74. The fourth-order valence-corrected chi connectivity index (χ4v) is 3.50. The van der Waals surface area contributed by atoms with Gasteiger partial charge in [0, 0.05) is 23.7 Å². The van der Waals surface area contributed by atoms with Crippen molar-refractivity contribution >= 4 is 48.2 Å². The molecule has 31 heavy (non-hydrogen) atoms. The Bertz CT molecular complexity index is 1120. The first-order valence-corrected chi connectivity index (χ1v) is 9.82. The normalized spacial score (nSPS) is 15.2. The van der Waals surface area contributed by atoms with E-state index >= 15 is 0 Å². The summed E-state index contributed by atoms with van der Waals surface area (Å²) in [7, 11) is 1.88. The lowest BCUT2D eigenvalue weighted by Crippen LogP contribution is -2.44. The van der Waals surface area contributed by atoms with Crippen LogP contribution in [0.3, 0.4) is 0 Å². The van der Waals surface area contributed by atoms with Gasteiger partial charge in [-0.25, -0.2) is 14.1 Å². The molecule has 8 nitrogen and oxygen atoms in total. The maximum Gasteiger partial charge on any atom is 0.246 e. The Morgan fingerprint density at radius 1 is 1.32 bits per heavy atom. The summed E-state index contributed by atoms with van der Waals surface area (Å²) in [5.74, 6) is 0.272. The Morgan fingerprint density at radius 2 is 2.10 bits per heavy atom. The molecular weight excluding hydrogens is 441 g/mol. The highest BCUT2D eigenvalue weighted by atomic mass is 35.5. The molecule has 1 amide bonds. The summed E-state index contributed by atoms with van der Waals surface area (Å²) in [4.78, 5) is 18.5. The summed E-state index contributed by atoms with van der Waals surface area (Å²) in [6.45, 7) is 4.33. The average Bonchev–Trinajstić information content (AvgIpc) is 3.16. The highest BCUT2D eigenvalue weighted by Crippen LogP contribution is 2.34. The van der Waals surface area contributed by atoms with Gasteiger partial charge in [0.1, 0.15) is 23.4 Å². The van der Waals surface area contributed by atoms with Gasteiger partial charge in [-0.05, 0) is 32.0 Å². The average molecular weight is 464 g/mol. The van der Waals surface area contributed by atoms with Crippen LogP contribution in [0.25, 0.3) is 0 Å². The van der Waals surface area contributed by atoms with Gasteiger partial charge in [0.2, 0.25) is 5.91 Å². The molecule has 0 saturated carbocycles. The lowest BCUT2D eigenvalue weighted by Gasteiger charge is -2.34. The number of hydrogen-bond donors (Lipinski definition) is 2. The molecule has 0 saturated heterocycles. The molecule has 0 aliphatic carbocycles. The number of nitrogens with one attached hydrogen (secondary N) is 2. The van der Waals surface area contributed by atoms with Crippen LogP contribution in [0.4, 0.5) is 21.6 Å². The van der Waals surface area contributed by atoms with Crippen molar-refractivity contribution in [2.75, 3.05) is 22.6 Å². The van der Waals surface area contributed by atoms with Crippen LogP contribution in [0.15, 0.2) is 30.5 Å². The van der Waals surface area contributed by atoms with Crippen molar-refractivity contribution in [3.63, 3.8) is 0 Å². The van der Waals surface area contributed by atoms with E-state index in [1.807, 2.05) is 31.9 Å². The van der Waals surface area contributed by atoms with Gasteiger partial charge in [-0.1, -0.05) is 16.8 Å². The molecule has 2 aromatic heterocycles. The molecule has 0 spiro atoms. The van der Waals surface area contributed by atoms with Crippen molar-refractivity contribution < 1.29 is 9.18 Å². The lowest BCUT2D eigenvalue weighted by atomic mass is 10.1. The molecule has 1 atom stereocenters. The number of rotatable bonds is 5. The number of aromatic nitrogens is 4. The Balaban J connectivity index is 0.00000272. The quantitative estimate of drug-likeness (QED) is 0.603. The van der Waals surface area contributed by atoms with E-state index in [4.69, 9.17) is 11.6 Å². The van der Waals surface area contributed by atoms with Crippen LogP contribution in [0.2, 0.25) is 5.02 Å². The number of nitrogens with zero attached hydrogens (tertiary/aromatic N) is 5. The lowest BCUT2D eigenvalue weighted by molar-refractivity contribution is -0.117. The third kappa shape index (κ3) is 4.75. The van der Waals surface area contributed by atoms with E-state index in [-0.39, 0.29) is 37.8 Å². The molecule has 4 rings (SSSR count). The summed E-state index contributed by atoms with van der Waals surface area (Å²) < 4.78 is 15.5. The minimum Gasteiger partial charge on any atom is -0.364 e. The molecule has 1 aliphatic rings. The van der Waals surface area contributed by atoms with Crippen LogP contribution in [0.1, 0.15) is 23.9 Å². The molecular formula is C20H23ClFN7OS. The first kappa shape index (κ1) is 22.8. The number of carbonyl (C=O) groups is 1. The zero-order chi connectivity index (χ0) is 21.4. The minimum atomic E-state index is -0.339. The molecule has 1 aromatic carbocycles. The molecule has 11 heteroatoms. The van der Waals surface area contributed by atoms with E-state index in [2.05, 4.69) is 25.9 Å². The van der Waals surface area contributed by atoms with Crippen LogP contribution >= 0.6 is 25.1 Å². The van der Waals surface area contributed by atoms with Crippen LogP contribution < -0.4 is 15.5 Å². The highest BCUT2D eigenvalue weighted by molar-refractivity contribution is 7.59. The molecule has 0 bridgehead atoms. The maximum atomic E-state index is 13.9. The third-order valence-electron chi connectivity index (χ3n) is 5.14. The van der Waals surface area contributed by atoms with Crippen LogP contribution in [0, 0.1) is 12.7 Å². The summed E-state index contributed by atoms with van der Waals surface area (Å²) >= 11 is 5.94. The van der Waals surface area contributed by atoms with Gasteiger partial charge < -0.3 is 15.5 Å². The molecule has 164 valence electrons. The molecule has 0 fully saturated rings. The Morgan fingerprint density at radius 3 is 2.87 bits per heavy atom. The Labute approximate surface area is 191 Å². The Kier molecular flexibility index (Phi) is 6.71. The summed E-state index contributed by atoms with van der Waals surface area (Å²) in [5, 5.41) is 14.8. The van der Waals surface area contributed by atoms with Crippen LogP contribution in [-0.2, 0) is 17.9 Å². The van der Waals surface area contributed by atoms with Crippen molar-refractivity contribution in [1.29, 1.82) is 0 Å². The van der Waals surface area contributed by atoms with E-state index in [0.29, 0.717) is 28.6 Å². The van der Waals surface area contributed by atoms with Crippen molar-refractivity contribution in [2.24, 2.45) is 0 Å². The molecule has 0 radical (unpaired) electrons. The second kappa shape index (κ2) is 9.11. The molecule has 3 aromatic rings. The van der Waals surface area contributed by atoms with Gasteiger partial charge in [0.25, 0.3) is 0 Å². The fraction of sp³-hybridized carbons (Fsp3) is 0.300. The van der Waals surface area contributed by atoms with Crippen molar-refractivity contribution in [2.45, 2.75) is 33.0 Å². The largest absolute Gasteiger partial charge is 0.364 e.